The molecule has 2 aromatic carbocycles. The lowest BCUT2D eigenvalue weighted by atomic mass is 9.68. The molecule has 10 heteroatoms. The number of allylic oxidation sites excluding steroid dienone is 3. The predicted molar refractivity (Wildman–Crippen MR) is 146 cm³/mol. The molecule has 37 heavy (non-hydrogen) atoms. The van der Waals surface area contributed by atoms with Crippen LogP contribution in [0.5, 0.6) is 0 Å². The lowest BCUT2D eigenvalue weighted by Gasteiger charge is -2.31. The van der Waals surface area contributed by atoms with Crippen LogP contribution in [0.15, 0.2) is 95.5 Å². The first-order chi connectivity index (χ1) is 17.8. The van der Waals surface area contributed by atoms with Gasteiger partial charge in [0.05, 0.1) is 29.3 Å². The van der Waals surface area contributed by atoms with E-state index in [9.17, 15) is 10.1 Å². The summed E-state index contributed by atoms with van der Waals surface area (Å²) in [5, 5.41) is 16.1. The smallest absolute Gasteiger partial charge is 0.258 e. The number of imidazole rings is 1. The standard InChI is InChI=1S/C27H19BCl2N6O/c28-27(17-36-14-13-32-18-36,21-5-2-6-22(29)8-7-21)35-26(33-24-11-9-23(30)10-12-24)34-25(37)20-4-1-3-19(15-20)16-31/h1,3-4,6-15,18,21H,17H2,(H2,33,34,35,37)/t21?,27-/m1/s1. The van der Waals surface area contributed by atoms with Gasteiger partial charge >= 0.3 is 0 Å². The van der Waals surface area contributed by atoms with Crippen LogP contribution in [0.2, 0.25) is 5.02 Å². The number of carbonyl (C=O) groups is 1. The van der Waals surface area contributed by atoms with Gasteiger partial charge in [-0.25, -0.2) is 4.98 Å². The number of guanidine groups is 1. The van der Waals surface area contributed by atoms with Gasteiger partial charge in [0.2, 0.25) is 5.96 Å². The molecule has 1 heterocycles. The molecule has 2 radical (unpaired) electrons. The summed E-state index contributed by atoms with van der Waals surface area (Å²) >= 11 is 12.2. The van der Waals surface area contributed by atoms with Crippen molar-refractivity contribution in [2.75, 3.05) is 5.32 Å². The minimum Gasteiger partial charge on any atom is -0.336 e. The maximum atomic E-state index is 13.2. The molecule has 4 rings (SSSR count). The van der Waals surface area contributed by atoms with E-state index in [2.05, 4.69) is 27.5 Å². The van der Waals surface area contributed by atoms with E-state index in [1.54, 1.807) is 84.0 Å². The van der Waals surface area contributed by atoms with Gasteiger partial charge < -0.3 is 9.88 Å². The number of nitrogens with one attached hydrogen (secondary N) is 2. The quantitative estimate of drug-likeness (QED) is 0.215. The molecule has 0 bridgehead atoms. The first-order valence-electron chi connectivity index (χ1n) is 11.1. The van der Waals surface area contributed by atoms with Crippen molar-refractivity contribution < 1.29 is 4.79 Å². The van der Waals surface area contributed by atoms with Gasteiger partial charge in [0.1, 0.15) is 7.85 Å². The summed E-state index contributed by atoms with van der Waals surface area (Å²) in [5.74, 6) is 5.03. The zero-order valence-electron chi connectivity index (χ0n) is 19.4. The number of anilines is 1. The average Bonchev–Trinajstić information content (AvgIpc) is 3.29. The lowest BCUT2D eigenvalue weighted by molar-refractivity contribution is 0.0976. The van der Waals surface area contributed by atoms with Gasteiger partial charge in [-0.3, -0.25) is 15.1 Å². The number of nitrogens with zero attached hydrogens (tertiary/aromatic N) is 4. The predicted octanol–water partition coefficient (Wildman–Crippen LogP) is 4.48. The summed E-state index contributed by atoms with van der Waals surface area (Å²) in [6.07, 6.45) is 10.1. The van der Waals surface area contributed by atoms with Crippen LogP contribution >= 0.6 is 23.2 Å². The molecule has 0 saturated carbocycles. The molecule has 1 aliphatic carbocycles. The highest BCUT2D eigenvalue weighted by atomic mass is 35.5. The third-order valence-electron chi connectivity index (χ3n) is 5.34. The van der Waals surface area contributed by atoms with Crippen molar-refractivity contribution in [2.45, 2.75) is 12.0 Å². The maximum Gasteiger partial charge on any atom is 0.258 e. The molecular formula is C27H19BCl2N6O. The zero-order valence-corrected chi connectivity index (χ0v) is 20.9. The van der Waals surface area contributed by atoms with Gasteiger partial charge in [0.15, 0.2) is 0 Å². The second-order valence-corrected chi connectivity index (χ2v) is 8.99. The number of aliphatic imine (C=N–C) groups is 1. The van der Waals surface area contributed by atoms with Crippen molar-refractivity contribution in [1.82, 2.24) is 14.9 Å². The fraction of sp³-hybridized carbons (Fsp3) is 0.111. The van der Waals surface area contributed by atoms with E-state index in [0.717, 1.165) is 0 Å². The molecule has 7 nitrogen and oxygen atoms in total. The molecule has 0 saturated heterocycles. The van der Waals surface area contributed by atoms with Crippen molar-refractivity contribution in [1.29, 1.82) is 5.26 Å². The summed E-state index contributed by atoms with van der Waals surface area (Å²) in [5.41, 5.74) is -0.0948. The van der Waals surface area contributed by atoms with E-state index in [1.807, 2.05) is 6.07 Å². The topological polar surface area (TPSA) is 95.1 Å². The Kier molecular flexibility index (Phi) is 8.15. The molecule has 1 amide bonds. The Morgan fingerprint density at radius 2 is 2.08 bits per heavy atom. The molecular weight excluding hydrogens is 506 g/mol. The summed E-state index contributed by atoms with van der Waals surface area (Å²) in [7, 11) is 6.91. The highest BCUT2D eigenvalue weighted by Crippen LogP contribution is 2.26. The summed E-state index contributed by atoms with van der Waals surface area (Å²) in [4.78, 5) is 22.0. The molecule has 0 fully saturated rings. The molecule has 2 atom stereocenters. The van der Waals surface area contributed by atoms with Crippen LogP contribution in [0.1, 0.15) is 15.9 Å². The van der Waals surface area contributed by atoms with Gasteiger partial charge in [-0.05, 0) is 48.5 Å². The minimum atomic E-state index is -1.35. The van der Waals surface area contributed by atoms with E-state index < -0.39 is 17.3 Å². The Bertz CT molecular complexity index is 1480. The fourth-order valence-corrected chi connectivity index (χ4v) is 3.78. The number of nitriles is 1. The van der Waals surface area contributed by atoms with E-state index in [-0.39, 0.29) is 18.1 Å². The third-order valence-corrected chi connectivity index (χ3v) is 5.83. The van der Waals surface area contributed by atoms with Gasteiger partial charge in [0, 0.05) is 46.3 Å². The number of carbonyl (C=O) groups excluding carboxylic acids is 1. The van der Waals surface area contributed by atoms with E-state index in [4.69, 9.17) is 36.0 Å². The zero-order chi connectivity index (χ0) is 26.3. The first kappa shape index (κ1) is 25.8. The highest BCUT2D eigenvalue weighted by molar-refractivity contribution is 6.31. The highest BCUT2D eigenvalue weighted by Gasteiger charge is 2.33. The number of amides is 1. The molecule has 1 aromatic heterocycles. The van der Waals surface area contributed by atoms with Gasteiger partial charge in [-0.1, -0.05) is 47.2 Å². The summed E-state index contributed by atoms with van der Waals surface area (Å²) in [6.45, 7) is 0.194. The number of benzene rings is 2. The molecule has 1 unspecified atom stereocenters. The fourth-order valence-electron chi connectivity index (χ4n) is 3.53. The second kappa shape index (κ2) is 11.7. The number of hydrogen-bond donors (Lipinski definition) is 2. The van der Waals surface area contributed by atoms with E-state index in [1.165, 1.54) is 6.07 Å². The van der Waals surface area contributed by atoms with Gasteiger partial charge in [-0.15, -0.1) is 0 Å². The van der Waals surface area contributed by atoms with Gasteiger partial charge in [-0.2, -0.15) is 5.26 Å². The Labute approximate surface area is 225 Å². The maximum absolute atomic E-state index is 13.2. The van der Waals surface area contributed by atoms with Crippen LogP contribution in [0.3, 0.4) is 0 Å². The van der Waals surface area contributed by atoms with Crippen molar-refractivity contribution >= 4 is 48.6 Å². The van der Waals surface area contributed by atoms with Crippen LogP contribution in [0.25, 0.3) is 0 Å². The lowest BCUT2D eigenvalue weighted by Crippen LogP contribution is -2.45. The van der Waals surface area contributed by atoms with Crippen molar-refractivity contribution in [3.05, 3.63) is 107 Å². The van der Waals surface area contributed by atoms with Crippen molar-refractivity contribution in [3.63, 3.8) is 0 Å². The second-order valence-electron chi connectivity index (χ2n) is 8.12. The Morgan fingerprint density at radius 3 is 2.81 bits per heavy atom. The Balaban J connectivity index is 1.75. The average molecular weight is 525 g/mol. The molecule has 3 aromatic rings. The van der Waals surface area contributed by atoms with E-state index >= 15 is 0 Å². The molecule has 1 aliphatic rings. The normalized spacial score (nSPS) is 16.3. The third kappa shape index (κ3) is 6.92. The van der Waals surface area contributed by atoms with Gasteiger partial charge in [0.25, 0.3) is 5.91 Å². The first-order valence-corrected chi connectivity index (χ1v) is 11.8. The van der Waals surface area contributed by atoms with Crippen LogP contribution in [-0.4, -0.2) is 34.7 Å². The Morgan fingerprint density at radius 1 is 1.27 bits per heavy atom. The molecule has 0 aliphatic heterocycles. The summed E-state index contributed by atoms with van der Waals surface area (Å²) in [6, 6.07) is 15.3. The van der Waals surface area contributed by atoms with Crippen LogP contribution in [0, 0.1) is 29.1 Å². The molecule has 180 valence electrons. The summed E-state index contributed by atoms with van der Waals surface area (Å²) < 4.78 is 1.77. The van der Waals surface area contributed by atoms with Crippen LogP contribution < -0.4 is 10.6 Å². The number of aromatic nitrogens is 2. The number of halogens is 2. The van der Waals surface area contributed by atoms with Crippen molar-refractivity contribution in [3.8, 4) is 17.9 Å². The number of hydrogen-bond acceptors (Lipinski definition) is 4. The monoisotopic (exact) mass is 524 g/mol. The SMILES string of the molecule is [B][C@](Cn1ccnc1)(N=C(NC(=O)c1cccc(C#N)c1)Nc1ccc(Cl)cc1)C1C#CC=C(Cl)C=C1. The largest absolute Gasteiger partial charge is 0.336 e. The molecule has 0 spiro atoms. The van der Waals surface area contributed by atoms with Crippen molar-refractivity contribution in [2.24, 2.45) is 10.9 Å². The minimum absolute atomic E-state index is 0.0794. The van der Waals surface area contributed by atoms with E-state index in [0.29, 0.717) is 21.3 Å². The van der Waals surface area contributed by atoms with Crippen LogP contribution in [0.4, 0.5) is 5.69 Å². The number of rotatable bonds is 6. The molecule has 2 N–H and O–H groups in total. The van der Waals surface area contributed by atoms with Crippen LogP contribution in [-0.2, 0) is 6.54 Å². The Hall–Kier alpha value is -4.24.